The number of thiophene rings is 1. The van der Waals surface area contributed by atoms with Crippen LogP contribution in [0.5, 0.6) is 0 Å². The summed E-state index contributed by atoms with van der Waals surface area (Å²) in [6.45, 7) is 0. The predicted molar refractivity (Wildman–Crippen MR) is 237 cm³/mol. The highest BCUT2D eigenvalue weighted by atomic mass is 32.1. The number of furan rings is 2. The molecule has 4 heterocycles. The molecule has 268 valence electrons. The molecule has 0 radical (unpaired) electrons. The van der Waals surface area contributed by atoms with Crippen molar-refractivity contribution in [3.05, 3.63) is 193 Å². The Morgan fingerprint density at radius 1 is 0.456 bits per heavy atom. The van der Waals surface area contributed by atoms with Gasteiger partial charge in [-0.05, 0) is 53.1 Å². The van der Waals surface area contributed by atoms with E-state index in [0.29, 0.717) is 5.84 Å². The second-order valence-corrected chi connectivity index (χ2v) is 15.6. The van der Waals surface area contributed by atoms with Crippen molar-refractivity contribution in [1.29, 1.82) is 0 Å². The predicted octanol–water partition coefficient (Wildman–Crippen LogP) is 13.7. The van der Waals surface area contributed by atoms with Crippen LogP contribution in [0.3, 0.4) is 0 Å². The quantitative estimate of drug-likeness (QED) is 0.191. The molecule has 57 heavy (non-hydrogen) atoms. The van der Waals surface area contributed by atoms with Crippen LogP contribution in [0, 0.1) is 0 Å². The summed E-state index contributed by atoms with van der Waals surface area (Å²) in [7, 11) is 0. The van der Waals surface area contributed by atoms with Gasteiger partial charge >= 0.3 is 0 Å². The summed E-state index contributed by atoms with van der Waals surface area (Å²) in [5.41, 5.74) is 10.8. The molecule has 3 aromatic heterocycles. The summed E-state index contributed by atoms with van der Waals surface area (Å²) in [4.78, 5) is 10.5. The fraction of sp³-hybridized carbons (Fsp3) is 0.0196. The number of hydrogen-bond acceptors (Lipinski definition) is 6. The highest BCUT2D eigenvalue weighted by Gasteiger charge is 2.26. The third-order valence-corrected chi connectivity index (χ3v) is 12.3. The first-order valence-electron chi connectivity index (χ1n) is 19.1. The van der Waals surface area contributed by atoms with E-state index in [2.05, 4.69) is 157 Å². The molecule has 1 aliphatic heterocycles. The number of hydrogen-bond donors (Lipinski definition) is 1. The van der Waals surface area contributed by atoms with Crippen molar-refractivity contribution in [2.24, 2.45) is 9.98 Å². The molecule has 0 aliphatic carbocycles. The number of amidine groups is 2. The van der Waals surface area contributed by atoms with E-state index in [-0.39, 0.29) is 0 Å². The molecule has 12 rings (SSSR count). The van der Waals surface area contributed by atoms with Crippen molar-refractivity contribution in [2.45, 2.75) is 6.17 Å². The topological polar surface area (TPSA) is 63.0 Å². The molecule has 1 atom stereocenters. The second kappa shape index (κ2) is 12.6. The maximum absolute atomic E-state index is 6.85. The van der Waals surface area contributed by atoms with E-state index in [9.17, 15) is 0 Å². The first kappa shape index (κ1) is 32.0. The molecule has 6 heteroatoms. The largest absolute Gasteiger partial charge is 0.456 e. The lowest BCUT2D eigenvalue weighted by Crippen LogP contribution is -2.33. The highest BCUT2D eigenvalue weighted by Crippen LogP contribution is 2.44. The lowest BCUT2D eigenvalue weighted by Gasteiger charge is -2.24. The Morgan fingerprint density at radius 3 is 2.04 bits per heavy atom. The van der Waals surface area contributed by atoms with Crippen molar-refractivity contribution in [3.63, 3.8) is 0 Å². The molecular weight excluding hydrogens is 719 g/mol. The van der Waals surface area contributed by atoms with Crippen LogP contribution in [0.1, 0.15) is 22.9 Å². The lowest BCUT2D eigenvalue weighted by atomic mass is 9.96. The molecule has 0 spiro atoms. The number of rotatable bonds is 5. The summed E-state index contributed by atoms with van der Waals surface area (Å²) < 4.78 is 15.7. The monoisotopic (exact) mass is 749 g/mol. The second-order valence-electron chi connectivity index (χ2n) is 14.5. The van der Waals surface area contributed by atoms with Crippen LogP contribution in [0.25, 0.3) is 86.3 Å². The normalized spacial score (nSPS) is 14.5. The molecular formula is C51H31N3O2S. The van der Waals surface area contributed by atoms with Crippen LogP contribution in [0.2, 0.25) is 0 Å². The van der Waals surface area contributed by atoms with Crippen LogP contribution in [-0.2, 0) is 0 Å². The van der Waals surface area contributed by atoms with E-state index < -0.39 is 6.17 Å². The third-order valence-electron chi connectivity index (χ3n) is 11.2. The summed E-state index contributed by atoms with van der Waals surface area (Å²) >= 11 is 1.83. The van der Waals surface area contributed by atoms with Gasteiger partial charge in [0, 0.05) is 64.0 Å². The van der Waals surface area contributed by atoms with Gasteiger partial charge in [-0.2, -0.15) is 0 Å². The van der Waals surface area contributed by atoms with Crippen molar-refractivity contribution >= 4 is 87.1 Å². The van der Waals surface area contributed by atoms with Gasteiger partial charge in [0.05, 0.1) is 0 Å². The fourth-order valence-corrected chi connectivity index (χ4v) is 9.65. The summed E-state index contributed by atoms with van der Waals surface area (Å²) in [6.07, 6.45) is -0.454. The average molecular weight is 750 g/mol. The van der Waals surface area contributed by atoms with Gasteiger partial charge in [-0.1, -0.05) is 140 Å². The zero-order valence-corrected chi connectivity index (χ0v) is 31.3. The van der Waals surface area contributed by atoms with Crippen molar-refractivity contribution in [3.8, 4) is 22.3 Å². The molecule has 0 fully saturated rings. The minimum atomic E-state index is -0.454. The van der Waals surface area contributed by atoms with Crippen LogP contribution < -0.4 is 5.32 Å². The molecule has 5 nitrogen and oxygen atoms in total. The Labute approximate surface area is 330 Å². The van der Waals surface area contributed by atoms with Crippen molar-refractivity contribution < 1.29 is 8.83 Å². The van der Waals surface area contributed by atoms with Gasteiger partial charge < -0.3 is 14.2 Å². The minimum absolute atomic E-state index is 0.454. The molecule has 0 bridgehead atoms. The van der Waals surface area contributed by atoms with E-state index in [1.54, 1.807) is 0 Å². The van der Waals surface area contributed by atoms with Crippen molar-refractivity contribution in [1.82, 2.24) is 5.32 Å². The van der Waals surface area contributed by atoms with Crippen LogP contribution in [-0.4, -0.2) is 11.7 Å². The lowest BCUT2D eigenvalue weighted by molar-refractivity contribution is 0.662. The molecule has 0 saturated heterocycles. The average Bonchev–Trinajstić information content (AvgIpc) is 3.98. The Balaban J connectivity index is 1.02. The van der Waals surface area contributed by atoms with Crippen LogP contribution in [0.15, 0.2) is 195 Å². The molecule has 1 unspecified atom stereocenters. The fourth-order valence-electron chi connectivity index (χ4n) is 8.52. The maximum atomic E-state index is 6.85. The maximum Gasteiger partial charge on any atom is 0.159 e. The van der Waals surface area contributed by atoms with Crippen LogP contribution in [0.4, 0.5) is 0 Å². The van der Waals surface area contributed by atoms with Gasteiger partial charge in [0.1, 0.15) is 34.3 Å². The van der Waals surface area contributed by atoms with E-state index in [1.807, 2.05) is 35.6 Å². The van der Waals surface area contributed by atoms with E-state index in [1.165, 1.54) is 31.3 Å². The van der Waals surface area contributed by atoms with Crippen LogP contribution >= 0.6 is 11.3 Å². The van der Waals surface area contributed by atoms with E-state index >= 15 is 0 Å². The smallest absolute Gasteiger partial charge is 0.159 e. The molecule has 1 N–H and O–H groups in total. The third kappa shape index (κ3) is 5.15. The zero-order chi connectivity index (χ0) is 37.5. The van der Waals surface area contributed by atoms with Gasteiger partial charge in [-0.15, -0.1) is 11.3 Å². The highest BCUT2D eigenvalue weighted by molar-refractivity contribution is 7.25. The number of benzene rings is 8. The van der Waals surface area contributed by atoms with Gasteiger partial charge in [-0.3, -0.25) is 0 Å². The van der Waals surface area contributed by atoms with Gasteiger partial charge in [0.15, 0.2) is 5.84 Å². The number of para-hydroxylation sites is 2. The number of aliphatic imine (C=N–C) groups is 2. The standard InChI is InChI=1S/C51H31N3O2S/c1-2-11-30(12-3-1)31-23-25-32(26-24-31)49-52-50(33-27-28-35-34-13-4-6-19-41(34)55-43(35)29-33)54-51(53-49)40-18-9-20-42-46(40)39-17-8-16-37(48(39)56-42)36-15-10-22-45-47(36)38-14-5-7-21-44(38)57-45/h1-29,51H,(H,52,53,54). The first-order chi connectivity index (χ1) is 28.2. The van der Waals surface area contributed by atoms with E-state index in [4.69, 9.17) is 18.8 Å². The minimum Gasteiger partial charge on any atom is -0.456 e. The van der Waals surface area contributed by atoms with E-state index in [0.717, 1.165) is 77.5 Å². The SMILES string of the molecule is c1ccc(-c2ccc(C3=NC(c4cccc5oc6c(-c7cccc8sc9ccccc9c78)cccc6c45)NC(c4ccc5c(c4)oc4ccccc45)=N3)cc2)cc1. The number of fused-ring (bicyclic) bond motifs is 9. The number of nitrogens with zero attached hydrogens (tertiary/aromatic N) is 2. The van der Waals surface area contributed by atoms with Gasteiger partial charge in [0.2, 0.25) is 0 Å². The Morgan fingerprint density at radius 2 is 1.12 bits per heavy atom. The summed E-state index contributed by atoms with van der Waals surface area (Å²) in [6, 6.07) is 61.4. The zero-order valence-electron chi connectivity index (χ0n) is 30.4. The molecule has 11 aromatic rings. The van der Waals surface area contributed by atoms with Crippen molar-refractivity contribution in [2.75, 3.05) is 0 Å². The Hall–Kier alpha value is -7.28. The molecule has 1 aliphatic rings. The Bertz CT molecular complexity index is 3440. The van der Waals surface area contributed by atoms with Gasteiger partial charge in [0.25, 0.3) is 0 Å². The number of nitrogens with one attached hydrogen (secondary N) is 1. The molecule has 8 aromatic carbocycles. The molecule has 0 amide bonds. The molecule has 0 saturated carbocycles. The summed E-state index contributed by atoms with van der Waals surface area (Å²) in [5.74, 6) is 1.38. The Kier molecular flexibility index (Phi) is 7.09. The van der Waals surface area contributed by atoms with Gasteiger partial charge in [-0.25, -0.2) is 9.98 Å². The first-order valence-corrected chi connectivity index (χ1v) is 19.9. The summed E-state index contributed by atoms with van der Waals surface area (Å²) in [5, 5.41) is 10.5.